The second-order valence-corrected chi connectivity index (χ2v) is 21.4. The van der Waals surface area contributed by atoms with Gasteiger partial charge in [-0.2, -0.15) is 31.6 Å². The summed E-state index contributed by atoms with van der Waals surface area (Å²) in [5, 5.41) is 14.4. The van der Waals surface area contributed by atoms with Crippen molar-refractivity contribution in [2.75, 3.05) is 0 Å². The van der Waals surface area contributed by atoms with E-state index in [1.54, 1.807) is 24.3 Å². The molecule has 0 spiro atoms. The van der Waals surface area contributed by atoms with E-state index >= 15 is 13.2 Å². The van der Waals surface area contributed by atoms with Crippen LogP contribution in [0.3, 0.4) is 0 Å². The highest BCUT2D eigenvalue weighted by atomic mass is 19.4. The first-order valence-electron chi connectivity index (χ1n) is 26.9. The number of nitrogens with zero attached hydrogens (tertiary/aromatic N) is 3. The van der Waals surface area contributed by atoms with Crippen molar-refractivity contribution in [3.63, 3.8) is 0 Å². The number of halogens is 6. The Hall–Kier alpha value is -9.91. The predicted molar refractivity (Wildman–Crippen MR) is 321 cm³/mol. The van der Waals surface area contributed by atoms with Gasteiger partial charge in [0.25, 0.3) is 0 Å². The van der Waals surface area contributed by atoms with Crippen molar-refractivity contribution in [3.05, 3.63) is 263 Å². The number of fused-ring (bicyclic) bond motifs is 6. The highest BCUT2D eigenvalue weighted by molar-refractivity contribution is 6.14. The Kier molecular flexibility index (Phi) is 12.4. The number of rotatable bonds is 8. The molecule has 0 N–H and O–H groups in total. The van der Waals surface area contributed by atoms with E-state index in [0.29, 0.717) is 34.1 Å². The Balaban J connectivity index is 1.12. The molecule has 0 unspecified atom stereocenters. The SMILES string of the molecule is Cc1ccc(-c2ccc3c(c2)c2cc(-c4ccc(C)cc4)ccc2n3-c2cc(C#N)ccc2-c2ccc(-c3ccc(C(F)(F)F)cc3C(F)(F)F)cc2-n2c3ccc(-c4ccc(C)cc4)cc3c3cc(-c4ccc(C)cc4)ccc32)cc1. The van der Waals surface area contributed by atoms with Gasteiger partial charge >= 0.3 is 12.4 Å². The zero-order chi connectivity index (χ0) is 56.8. The van der Waals surface area contributed by atoms with Crippen LogP contribution in [-0.4, -0.2) is 9.13 Å². The molecule has 9 heteroatoms. The van der Waals surface area contributed by atoms with Crippen molar-refractivity contribution in [1.29, 1.82) is 5.26 Å². The first-order chi connectivity index (χ1) is 39.5. The Morgan fingerprint density at radius 2 is 0.622 bits per heavy atom. The molecule has 0 bridgehead atoms. The van der Waals surface area contributed by atoms with Crippen LogP contribution in [0.5, 0.6) is 0 Å². The molecule has 82 heavy (non-hydrogen) atoms. The van der Waals surface area contributed by atoms with E-state index in [4.69, 9.17) is 0 Å². The van der Waals surface area contributed by atoms with Gasteiger partial charge in [-0.25, -0.2) is 0 Å². The second-order valence-electron chi connectivity index (χ2n) is 21.4. The zero-order valence-electron chi connectivity index (χ0n) is 45.0. The molecular weight excluding hydrogens is 1030 g/mol. The maximum atomic E-state index is 15.2. The van der Waals surface area contributed by atoms with Crippen LogP contribution in [0, 0.1) is 39.0 Å². The number of hydrogen-bond donors (Lipinski definition) is 0. The minimum atomic E-state index is -5.14. The highest BCUT2D eigenvalue weighted by Crippen LogP contribution is 2.47. The molecule has 13 aromatic rings. The van der Waals surface area contributed by atoms with E-state index in [2.05, 4.69) is 170 Å². The Labute approximate surface area is 469 Å². The van der Waals surface area contributed by atoms with Crippen molar-refractivity contribution < 1.29 is 26.3 Å². The summed E-state index contributed by atoms with van der Waals surface area (Å²) in [5.41, 5.74) is 15.3. The molecule has 13 rings (SSSR count). The minimum Gasteiger partial charge on any atom is -0.309 e. The first kappa shape index (κ1) is 51.5. The number of hydrogen-bond acceptors (Lipinski definition) is 1. The standard InChI is InChI=1S/C73H49F6N3/c1-43-5-14-48(15-6-43)52-23-31-66-61(36-52)62-37-53(49-16-7-44(2)8-17-49)24-32-67(62)81(66)70-35-47(42-80)13-28-59(70)60-29-22-56(58-30-27-57(72(74,75)76)41-65(58)73(77,78)79)40-71(60)82-68-33-25-54(50-18-9-45(3)10-19-50)38-63(68)64-39-55(26-34-69(64)82)51-20-11-46(4)12-21-51/h5-41H,1-4H3. The summed E-state index contributed by atoms with van der Waals surface area (Å²) in [5.74, 6) is 0. The van der Waals surface area contributed by atoms with Crippen LogP contribution in [0.25, 0.3) is 122 Å². The van der Waals surface area contributed by atoms with E-state index in [-0.39, 0.29) is 11.6 Å². The summed E-state index contributed by atoms with van der Waals surface area (Å²) >= 11 is 0. The number of alkyl halides is 6. The molecule has 0 aliphatic heterocycles. The van der Waals surface area contributed by atoms with Gasteiger partial charge < -0.3 is 9.13 Å². The quantitative estimate of drug-likeness (QED) is 0.140. The third-order valence-corrected chi connectivity index (χ3v) is 15.9. The third kappa shape index (κ3) is 9.16. The van der Waals surface area contributed by atoms with E-state index in [1.165, 1.54) is 0 Å². The van der Waals surface area contributed by atoms with Crippen molar-refractivity contribution in [2.45, 2.75) is 40.0 Å². The largest absolute Gasteiger partial charge is 0.417 e. The maximum Gasteiger partial charge on any atom is 0.417 e. The predicted octanol–water partition coefficient (Wildman–Crippen LogP) is 21.0. The molecule has 398 valence electrons. The van der Waals surface area contributed by atoms with Crippen molar-refractivity contribution in [2.24, 2.45) is 0 Å². The van der Waals surface area contributed by atoms with Gasteiger partial charge in [0, 0.05) is 32.7 Å². The van der Waals surface area contributed by atoms with Gasteiger partial charge in [0.05, 0.1) is 56.2 Å². The van der Waals surface area contributed by atoms with Crippen molar-refractivity contribution in [3.8, 4) is 84.2 Å². The third-order valence-electron chi connectivity index (χ3n) is 15.9. The molecule has 3 nitrogen and oxygen atoms in total. The lowest BCUT2D eigenvalue weighted by molar-refractivity contribution is -0.142. The maximum absolute atomic E-state index is 15.2. The molecule has 0 saturated carbocycles. The van der Waals surface area contributed by atoms with Crippen LogP contribution in [0.2, 0.25) is 0 Å². The van der Waals surface area contributed by atoms with E-state index in [1.807, 2.05) is 54.8 Å². The lowest BCUT2D eigenvalue weighted by Crippen LogP contribution is -2.12. The molecule has 11 aromatic carbocycles. The molecule has 0 amide bonds. The van der Waals surface area contributed by atoms with Crippen LogP contribution in [0.15, 0.2) is 224 Å². The summed E-state index contributed by atoms with van der Waals surface area (Å²) in [7, 11) is 0. The van der Waals surface area contributed by atoms with Gasteiger partial charge in [0.2, 0.25) is 0 Å². The topological polar surface area (TPSA) is 33.6 Å². The fourth-order valence-corrected chi connectivity index (χ4v) is 11.6. The van der Waals surface area contributed by atoms with Gasteiger partial charge in [-0.15, -0.1) is 0 Å². The lowest BCUT2D eigenvalue weighted by atomic mass is 9.92. The summed E-state index contributed by atoms with van der Waals surface area (Å²) in [6.45, 7) is 8.18. The summed E-state index contributed by atoms with van der Waals surface area (Å²) in [6, 6.07) is 73.1. The van der Waals surface area contributed by atoms with E-state index in [0.717, 1.165) is 116 Å². The van der Waals surface area contributed by atoms with Crippen molar-refractivity contribution in [1.82, 2.24) is 9.13 Å². The number of aryl methyl sites for hydroxylation is 4. The molecule has 0 aliphatic carbocycles. The molecule has 0 saturated heterocycles. The Morgan fingerprint density at radius 3 is 0.963 bits per heavy atom. The zero-order valence-corrected chi connectivity index (χ0v) is 45.0. The van der Waals surface area contributed by atoms with E-state index in [9.17, 15) is 18.4 Å². The number of benzene rings is 11. The van der Waals surface area contributed by atoms with Gasteiger partial charge in [-0.05, 0) is 162 Å². The van der Waals surface area contributed by atoms with Gasteiger partial charge in [0.15, 0.2) is 0 Å². The van der Waals surface area contributed by atoms with E-state index < -0.39 is 29.0 Å². The smallest absolute Gasteiger partial charge is 0.309 e. The monoisotopic (exact) mass is 1080 g/mol. The summed E-state index contributed by atoms with van der Waals surface area (Å²) in [6.07, 6.45) is -10.2. The Morgan fingerprint density at radius 1 is 0.305 bits per heavy atom. The highest BCUT2D eigenvalue weighted by Gasteiger charge is 2.39. The molecule has 2 aromatic heterocycles. The molecule has 0 fully saturated rings. The summed E-state index contributed by atoms with van der Waals surface area (Å²) in [4.78, 5) is 0. The van der Waals surface area contributed by atoms with Crippen LogP contribution in [-0.2, 0) is 12.4 Å². The van der Waals surface area contributed by atoms with Gasteiger partial charge in [-0.1, -0.05) is 168 Å². The fraction of sp³-hybridized carbons (Fsp3) is 0.0822. The van der Waals surface area contributed by atoms with Gasteiger partial charge in [-0.3, -0.25) is 0 Å². The van der Waals surface area contributed by atoms with Crippen molar-refractivity contribution >= 4 is 43.6 Å². The Bertz CT molecular complexity index is 4520. The minimum absolute atomic E-state index is 0.0571. The second kappa shape index (κ2) is 19.7. The average Bonchev–Trinajstić information content (AvgIpc) is 3.15. The van der Waals surface area contributed by atoms with Crippen LogP contribution >= 0.6 is 0 Å². The fourth-order valence-electron chi connectivity index (χ4n) is 11.6. The van der Waals surface area contributed by atoms with Crippen LogP contribution in [0.4, 0.5) is 26.3 Å². The number of nitriles is 1. The van der Waals surface area contributed by atoms with Crippen LogP contribution < -0.4 is 0 Å². The number of aromatic nitrogens is 2. The van der Waals surface area contributed by atoms with Gasteiger partial charge in [0.1, 0.15) is 0 Å². The van der Waals surface area contributed by atoms with Crippen LogP contribution in [0.1, 0.15) is 38.9 Å². The molecule has 0 aliphatic rings. The molecular formula is C73H49F6N3. The normalized spacial score (nSPS) is 12.0. The molecule has 0 radical (unpaired) electrons. The lowest BCUT2D eigenvalue weighted by Gasteiger charge is -2.21. The summed E-state index contributed by atoms with van der Waals surface area (Å²) < 4.78 is 92.6. The molecule has 2 heterocycles. The first-order valence-corrected chi connectivity index (χ1v) is 26.9. The molecule has 0 atom stereocenters. The average molecular weight is 1080 g/mol.